The van der Waals surface area contributed by atoms with Crippen molar-refractivity contribution in [3.05, 3.63) is 57.2 Å². The average molecular weight is 493 g/mol. The van der Waals surface area contributed by atoms with Gasteiger partial charge in [-0.3, -0.25) is 4.90 Å². The fourth-order valence-corrected chi connectivity index (χ4v) is 4.12. The highest BCUT2D eigenvalue weighted by Gasteiger charge is 2.36. The number of carbonyl (C=O) groups excluding carboxylic acids is 1. The lowest BCUT2D eigenvalue weighted by Crippen LogP contribution is -2.30. The number of ether oxygens (including phenoxy) is 1. The normalized spacial score (nSPS) is 21.2. The molecule has 144 valence electrons. The van der Waals surface area contributed by atoms with Crippen LogP contribution in [0.25, 0.3) is 0 Å². The minimum Gasteiger partial charge on any atom is -0.478 e. The second kappa shape index (κ2) is 9.57. The van der Waals surface area contributed by atoms with E-state index in [4.69, 9.17) is 39.5 Å². The molecule has 0 radical (unpaired) electrons. The van der Waals surface area contributed by atoms with E-state index in [1.807, 2.05) is 18.2 Å². The van der Waals surface area contributed by atoms with Crippen molar-refractivity contribution in [2.75, 3.05) is 19.7 Å². The molecule has 27 heavy (non-hydrogen) atoms. The van der Waals surface area contributed by atoms with Gasteiger partial charge in [-0.1, -0.05) is 56.8 Å². The molecule has 1 aromatic heterocycles. The Kier molecular flexibility index (Phi) is 7.40. The van der Waals surface area contributed by atoms with Crippen molar-refractivity contribution in [2.45, 2.75) is 17.3 Å². The van der Waals surface area contributed by atoms with Gasteiger partial charge in [-0.2, -0.15) is 0 Å². The SMILES string of the molecule is O=CC(Br)N1C[C@@H](CCOc2ccc(Cl)cn2)[C@@H](c2ccc(Cl)c(Cl)c2)C1. The quantitative estimate of drug-likeness (QED) is 0.293. The number of hydrogen-bond acceptors (Lipinski definition) is 4. The second-order valence-corrected chi connectivity index (χ2v) is 8.64. The van der Waals surface area contributed by atoms with E-state index in [1.54, 1.807) is 18.3 Å². The number of hydrogen-bond donors (Lipinski definition) is 0. The van der Waals surface area contributed by atoms with Crippen LogP contribution in [-0.4, -0.2) is 40.8 Å². The van der Waals surface area contributed by atoms with Crippen molar-refractivity contribution in [2.24, 2.45) is 5.92 Å². The van der Waals surface area contributed by atoms with Crippen LogP contribution in [0.2, 0.25) is 15.1 Å². The molecule has 1 aliphatic heterocycles. The zero-order valence-corrected chi connectivity index (χ0v) is 18.2. The van der Waals surface area contributed by atoms with Crippen molar-refractivity contribution in [3.63, 3.8) is 0 Å². The van der Waals surface area contributed by atoms with Crippen LogP contribution in [0.4, 0.5) is 0 Å². The number of carbonyl (C=O) groups is 1. The predicted octanol–water partition coefficient (Wildman–Crippen LogP) is 5.45. The zero-order chi connectivity index (χ0) is 19.4. The van der Waals surface area contributed by atoms with Crippen LogP contribution < -0.4 is 4.74 Å². The highest BCUT2D eigenvalue weighted by molar-refractivity contribution is 9.09. The molecule has 0 bridgehead atoms. The van der Waals surface area contributed by atoms with E-state index >= 15 is 0 Å². The molecule has 0 saturated carbocycles. The van der Waals surface area contributed by atoms with Gasteiger partial charge in [-0.25, -0.2) is 4.98 Å². The van der Waals surface area contributed by atoms with Crippen LogP contribution in [0.15, 0.2) is 36.5 Å². The molecular weight excluding hydrogens is 474 g/mol. The molecule has 4 nitrogen and oxygen atoms in total. The Morgan fingerprint density at radius 3 is 2.70 bits per heavy atom. The third-order valence-corrected chi connectivity index (χ3v) is 6.50. The third kappa shape index (κ3) is 5.36. The lowest BCUT2D eigenvalue weighted by Gasteiger charge is -2.19. The summed E-state index contributed by atoms with van der Waals surface area (Å²) < 4.78 is 5.76. The van der Waals surface area contributed by atoms with Gasteiger partial charge in [0.1, 0.15) is 11.2 Å². The van der Waals surface area contributed by atoms with Gasteiger partial charge in [0.25, 0.3) is 0 Å². The topological polar surface area (TPSA) is 42.4 Å². The monoisotopic (exact) mass is 490 g/mol. The van der Waals surface area contributed by atoms with E-state index < -0.39 is 0 Å². The molecule has 1 unspecified atom stereocenters. The molecule has 2 aromatic rings. The van der Waals surface area contributed by atoms with Gasteiger partial charge in [-0.05, 0) is 36.1 Å². The molecule has 0 amide bonds. The Bertz CT molecular complexity index is 791. The first kappa shape index (κ1) is 20.9. The van der Waals surface area contributed by atoms with Gasteiger partial charge in [0.15, 0.2) is 0 Å². The molecule has 1 saturated heterocycles. The Morgan fingerprint density at radius 2 is 2.04 bits per heavy atom. The minimum atomic E-state index is -0.299. The van der Waals surface area contributed by atoms with Crippen molar-refractivity contribution in [3.8, 4) is 5.88 Å². The summed E-state index contributed by atoms with van der Waals surface area (Å²) in [5.74, 6) is 1.10. The van der Waals surface area contributed by atoms with Crippen molar-refractivity contribution in [1.29, 1.82) is 0 Å². The molecular formula is C19H18BrCl3N2O2. The highest BCUT2D eigenvalue weighted by atomic mass is 79.9. The first-order chi connectivity index (χ1) is 13.0. The lowest BCUT2D eigenvalue weighted by molar-refractivity contribution is -0.109. The summed E-state index contributed by atoms with van der Waals surface area (Å²) >= 11 is 21.5. The summed E-state index contributed by atoms with van der Waals surface area (Å²) in [5.41, 5.74) is 1.12. The first-order valence-corrected chi connectivity index (χ1v) is 10.6. The zero-order valence-electron chi connectivity index (χ0n) is 14.3. The summed E-state index contributed by atoms with van der Waals surface area (Å²) in [5, 5.41) is 1.65. The maximum Gasteiger partial charge on any atom is 0.213 e. The van der Waals surface area contributed by atoms with Crippen LogP contribution in [0.3, 0.4) is 0 Å². The maximum atomic E-state index is 11.2. The molecule has 3 atom stereocenters. The van der Waals surface area contributed by atoms with E-state index in [0.29, 0.717) is 33.5 Å². The standard InChI is InChI=1S/C19H18BrCl3N2O2/c20-18(11-26)25-9-13(5-6-27-19-4-2-14(21)8-24-19)15(10-25)12-1-3-16(22)17(23)7-12/h1-4,7-8,11,13,15,18H,5-6,9-10H2/t13-,15-,18?/m1/s1. The Labute approximate surface area is 181 Å². The summed E-state index contributed by atoms with van der Waals surface area (Å²) in [6.45, 7) is 2.08. The molecule has 0 spiro atoms. The number of pyridine rings is 1. The summed E-state index contributed by atoms with van der Waals surface area (Å²) in [4.78, 5) is 17.2. The fraction of sp³-hybridized carbons (Fsp3) is 0.368. The maximum absolute atomic E-state index is 11.2. The number of aromatic nitrogens is 1. The number of alkyl halides is 1. The van der Waals surface area contributed by atoms with Gasteiger partial charge in [-0.15, -0.1) is 0 Å². The summed E-state index contributed by atoms with van der Waals surface area (Å²) in [6, 6.07) is 9.23. The van der Waals surface area contributed by atoms with E-state index in [-0.39, 0.29) is 10.9 Å². The molecule has 1 fully saturated rings. The molecule has 1 aliphatic rings. The molecule has 8 heteroatoms. The van der Waals surface area contributed by atoms with Crippen LogP contribution in [0, 0.1) is 5.92 Å². The van der Waals surface area contributed by atoms with Gasteiger partial charge >= 0.3 is 0 Å². The van der Waals surface area contributed by atoms with Crippen LogP contribution in [0.1, 0.15) is 17.9 Å². The first-order valence-electron chi connectivity index (χ1n) is 8.50. The Hall–Kier alpha value is -0.850. The largest absolute Gasteiger partial charge is 0.478 e. The van der Waals surface area contributed by atoms with Gasteiger partial charge in [0, 0.05) is 31.3 Å². The number of halogens is 4. The highest BCUT2D eigenvalue weighted by Crippen LogP contribution is 2.38. The van der Waals surface area contributed by atoms with Gasteiger partial charge in [0.2, 0.25) is 5.88 Å². The van der Waals surface area contributed by atoms with Crippen LogP contribution >= 0.6 is 50.7 Å². The van der Waals surface area contributed by atoms with Crippen LogP contribution in [0.5, 0.6) is 5.88 Å². The summed E-state index contributed by atoms with van der Waals surface area (Å²) in [6.07, 6.45) is 3.29. The van der Waals surface area contributed by atoms with Crippen LogP contribution in [-0.2, 0) is 4.79 Å². The summed E-state index contributed by atoms with van der Waals surface area (Å²) in [7, 11) is 0. The number of aldehydes is 1. The smallest absolute Gasteiger partial charge is 0.213 e. The number of nitrogens with zero attached hydrogens (tertiary/aromatic N) is 2. The Balaban J connectivity index is 1.69. The average Bonchev–Trinajstić information content (AvgIpc) is 3.09. The molecule has 0 aliphatic carbocycles. The molecule has 1 aromatic carbocycles. The van der Waals surface area contributed by atoms with E-state index in [9.17, 15) is 4.79 Å². The van der Waals surface area contributed by atoms with E-state index in [1.165, 1.54) is 0 Å². The predicted molar refractivity (Wildman–Crippen MR) is 112 cm³/mol. The Morgan fingerprint density at radius 1 is 1.22 bits per heavy atom. The van der Waals surface area contributed by atoms with E-state index in [2.05, 4.69) is 25.8 Å². The molecule has 2 heterocycles. The number of benzene rings is 1. The second-order valence-electron chi connectivity index (χ2n) is 6.45. The third-order valence-electron chi connectivity index (χ3n) is 4.74. The van der Waals surface area contributed by atoms with Crippen molar-refractivity contribution in [1.82, 2.24) is 9.88 Å². The molecule has 3 rings (SSSR count). The van der Waals surface area contributed by atoms with E-state index in [0.717, 1.165) is 31.4 Å². The number of rotatable bonds is 7. The van der Waals surface area contributed by atoms with Crippen molar-refractivity contribution < 1.29 is 9.53 Å². The number of likely N-dealkylation sites (tertiary alicyclic amines) is 1. The van der Waals surface area contributed by atoms with Crippen molar-refractivity contribution >= 4 is 57.0 Å². The lowest BCUT2D eigenvalue weighted by atomic mass is 9.87. The molecule has 0 N–H and O–H groups in total. The fourth-order valence-electron chi connectivity index (χ4n) is 3.37. The van der Waals surface area contributed by atoms with Gasteiger partial charge < -0.3 is 9.53 Å². The minimum absolute atomic E-state index is 0.238. The van der Waals surface area contributed by atoms with Gasteiger partial charge in [0.05, 0.1) is 21.7 Å².